The maximum atomic E-state index is 12.7. The molecule has 2 rings (SSSR count). The number of para-hydroxylation sites is 1. The van der Waals surface area contributed by atoms with Crippen LogP contribution in [0, 0.1) is 0 Å². The lowest BCUT2D eigenvalue weighted by molar-refractivity contribution is 0.103. The first-order valence-corrected chi connectivity index (χ1v) is 10.7. The fraction of sp³-hybridized carbons (Fsp3) is 0.278. The Kier molecular flexibility index (Phi) is 4.33. The van der Waals surface area contributed by atoms with Crippen LogP contribution in [0.15, 0.2) is 48.5 Å². The van der Waals surface area contributed by atoms with Crippen LogP contribution in [-0.2, 0) is 0 Å². The number of anilines is 1. The molecule has 0 atom stereocenters. The summed E-state index contributed by atoms with van der Waals surface area (Å²) in [5.74, 6) is 0.0847. The molecule has 0 radical (unpaired) electrons. The first kappa shape index (κ1) is 15.5. The van der Waals surface area contributed by atoms with Crippen LogP contribution < -0.4 is 10.1 Å². The molecule has 3 heteroatoms. The van der Waals surface area contributed by atoms with Gasteiger partial charge in [0.05, 0.1) is 8.07 Å². The second-order valence-electron chi connectivity index (χ2n) is 6.57. The number of benzene rings is 2. The van der Waals surface area contributed by atoms with Crippen LogP contribution in [0.25, 0.3) is 0 Å². The van der Waals surface area contributed by atoms with Crippen molar-refractivity contribution in [2.45, 2.75) is 19.6 Å². The van der Waals surface area contributed by atoms with Gasteiger partial charge in [0, 0.05) is 30.9 Å². The Morgan fingerprint density at radius 1 is 0.905 bits per heavy atom. The zero-order valence-corrected chi connectivity index (χ0v) is 14.5. The third kappa shape index (κ3) is 3.42. The van der Waals surface area contributed by atoms with Gasteiger partial charge in [-0.1, -0.05) is 61.2 Å². The third-order valence-corrected chi connectivity index (χ3v) is 5.71. The van der Waals surface area contributed by atoms with Crippen molar-refractivity contribution in [2.24, 2.45) is 0 Å². The van der Waals surface area contributed by atoms with E-state index < -0.39 is 8.07 Å². The molecule has 0 spiro atoms. The molecule has 110 valence electrons. The van der Waals surface area contributed by atoms with Crippen molar-refractivity contribution in [1.82, 2.24) is 0 Å². The quantitative estimate of drug-likeness (QED) is 0.635. The lowest BCUT2D eigenvalue weighted by atomic mass is 10.0. The summed E-state index contributed by atoms with van der Waals surface area (Å²) >= 11 is 0. The number of hydrogen-bond acceptors (Lipinski definition) is 2. The minimum absolute atomic E-state index is 0.0847. The fourth-order valence-electron chi connectivity index (χ4n) is 2.33. The van der Waals surface area contributed by atoms with E-state index in [0.717, 1.165) is 16.8 Å². The standard InChI is InChI=1S/C18H23NOSi/c1-19(2)17-9-7-6-8-16(17)18(20)14-10-12-15(13-11-14)21(3,4)5/h6-13H,1-5H3. The third-order valence-electron chi connectivity index (χ3n) is 3.64. The normalized spacial score (nSPS) is 11.3. The summed E-state index contributed by atoms with van der Waals surface area (Å²) in [7, 11) is 2.60. The molecule has 0 aliphatic carbocycles. The van der Waals surface area contributed by atoms with E-state index in [9.17, 15) is 4.79 Å². The maximum Gasteiger partial charge on any atom is 0.195 e. The monoisotopic (exact) mass is 297 g/mol. The predicted molar refractivity (Wildman–Crippen MR) is 93.6 cm³/mol. The van der Waals surface area contributed by atoms with Gasteiger partial charge < -0.3 is 4.90 Å². The molecule has 2 aromatic carbocycles. The molecule has 0 N–H and O–H groups in total. The van der Waals surface area contributed by atoms with Crippen LogP contribution in [0.1, 0.15) is 15.9 Å². The summed E-state index contributed by atoms with van der Waals surface area (Å²) in [5, 5.41) is 1.37. The highest BCUT2D eigenvalue weighted by molar-refractivity contribution is 6.88. The molecule has 2 nitrogen and oxygen atoms in total. The molecule has 0 heterocycles. The summed E-state index contributed by atoms with van der Waals surface area (Å²) < 4.78 is 0. The summed E-state index contributed by atoms with van der Waals surface area (Å²) in [5.41, 5.74) is 2.46. The Labute approximate surface area is 128 Å². The Morgan fingerprint density at radius 3 is 2.00 bits per heavy atom. The summed E-state index contributed by atoms with van der Waals surface area (Å²) in [6.07, 6.45) is 0. The van der Waals surface area contributed by atoms with E-state index in [1.54, 1.807) is 0 Å². The number of ketones is 1. The Bertz CT molecular complexity index is 639. The van der Waals surface area contributed by atoms with Crippen molar-refractivity contribution < 1.29 is 4.79 Å². The molecule has 0 aliphatic rings. The topological polar surface area (TPSA) is 20.3 Å². The summed E-state index contributed by atoms with van der Waals surface area (Å²) in [4.78, 5) is 14.7. The van der Waals surface area contributed by atoms with Crippen LogP contribution >= 0.6 is 0 Å². The van der Waals surface area contributed by atoms with Crippen LogP contribution in [0.4, 0.5) is 5.69 Å². The van der Waals surface area contributed by atoms with Gasteiger partial charge >= 0.3 is 0 Å². The van der Waals surface area contributed by atoms with Crippen molar-refractivity contribution in [3.05, 3.63) is 59.7 Å². The molecule has 0 saturated heterocycles. The van der Waals surface area contributed by atoms with Crippen molar-refractivity contribution in [2.75, 3.05) is 19.0 Å². The van der Waals surface area contributed by atoms with Crippen LogP contribution in [-0.4, -0.2) is 28.0 Å². The SMILES string of the molecule is CN(C)c1ccccc1C(=O)c1ccc([Si](C)(C)C)cc1. The molecule has 0 fully saturated rings. The average Bonchev–Trinajstić information content (AvgIpc) is 2.45. The second kappa shape index (κ2) is 5.86. The van der Waals surface area contributed by atoms with E-state index in [-0.39, 0.29) is 5.78 Å². The predicted octanol–water partition coefficient (Wildman–Crippen LogP) is 3.53. The zero-order chi connectivity index (χ0) is 15.6. The van der Waals surface area contributed by atoms with Gasteiger partial charge in [-0.3, -0.25) is 4.79 Å². The van der Waals surface area contributed by atoms with Crippen molar-refractivity contribution >= 4 is 24.7 Å². The van der Waals surface area contributed by atoms with E-state index in [0.29, 0.717) is 0 Å². The van der Waals surface area contributed by atoms with E-state index in [1.165, 1.54) is 5.19 Å². The maximum absolute atomic E-state index is 12.7. The molecule has 0 unspecified atom stereocenters. The van der Waals surface area contributed by atoms with E-state index in [1.807, 2.05) is 55.4 Å². The van der Waals surface area contributed by atoms with Gasteiger partial charge in [-0.2, -0.15) is 0 Å². The molecule has 0 aliphatic heterocycles. The molecule has 0 saturated carbocycles. The van der Waals surface area contributed by atoms with Gasteiger partial charge in [-0.05, 0) is 12.1 Å². The highest BCUT2D eigenvalue weighted by atomic mass is 28.3. The van der Waals surface area contributed by atoms with Crippen LogP contribution in [0.2, 0.25) is 19.6 Å². The number of carbonyl (C=O) groups excluding carboxylic acids is 1. The van der Waals surface area contributed by atoms with E-state index >= 15 is 0 Å². The van der Waals surface area contributed by atoms with Crippen molar-refractivity contribution in [1.29, 1.82) is 0 Å². The Morgan fingerprint density at radius 2 is 1.48 bits per heavy atom. The van der Waals surface area contributed by atoms with Crippen molar-refractivity contribution in [3.8, 4) is 0 Å². The number of hydrogen-bond donors (Lipinski definition) is 0. The van der Waals surface area contributed by atoms with Gasteiger partial charge in [-0.25, -0.2) is 0 Å². The van der Waals surface area contributed by atoms with E-state index in [4.69, 9.17) is 0 Å². The minimum Gasteiger partial charge on any atom is -0.377 e. The number of nitrogens with zero attached hydrogens (tertiary/aromatic N) is 1. The van der Waals surface area contributed by atoms with Crippen molar-refractivity contribution in [3.63, 3.8) is 0 Å². The second-order valence-corrected chi connectivity index (χ2v) is 11.6. The van der Waals surface area contributed by atoms with Gasteiger partial charge in [0.25, 0.3) is 0 Å². The molecule has 21 heavy (non-hydrogen) atoms. The van der Waals surface area contributed by atoms with E-state index in [2.05, 4.69) is 31.8 Å². The average molecular weight is 297 g/mol. The Balaban J connectivity index is 2.37. The molecule has 0 aromatic heterocycles. The number of rotatable bonds is 4. The fourth-order valence-corrected chi connectivity index (χ4v) is 3.50. The first-order valence-electron chi connectivity index (χ1n) is 7.22. The van der Waals surface area contributed by atoms with Gasteiger partial charge in [0.1, 0.15) is 0 Å². The highest BCUT2D eigenvalue weighted by Gasteiger charge is 2.18. The minimum atomic E-state index is -1.32. The Hall–Kier alpha value is -1.87. The van der Waals surface area contributed by atoms with Gasteiger partial charge in [-0.15, -0.1) is 0 Å². The molecular weight excluding hydrogens is 274 g/mol. The lowest BCUT2D eigenvalue weighted by Gasteiger charge is -2.18. The van der Waals surface area contributed by atoms with Gasteiger partial charge in [0.2, 0.25) is 0 Å². The molecule has 2 aromatic rings. The smallest absolute Gasteiger partial charge is 0.195 e. The van der Waals surface area contributed by atoms with Gasteiger partial charge in [0.15, 0.2) is 5.78 Å². The molecule has 0 bridgehead atoms. The van der Waals surface area contributed by atoms with Crippen LogP contribution in [0.5, 0.6) is 0 Å². The summed E-state index contributed by atoms with van der Waals surface area (Å²) in [6.45, 7) is 6.93. The van der Waals surface area contributed by atoms with Crippen LogP contribution in [0.3, 0.4) is 0 Å². The summed E-state index contributed by atoms with van der Waals surface area (Å²) in [6, 6.07) is 15.9. The first-order chi connectivity index (χ1) is 9.80. The highest BCUT2D eigenvalue weighted by Crippen LogP contribution is 2.21. The zero-order valence-electron chi connectivity index (χ0n) is 13.5. The largest absolute Gasteiger partial charge is 0.377 e. The lowest BCUT2D eigenvalue weighted by Crippen LogP contribution is -2.37. The number of carbonyl (C=O) groups is 1. The molecular formula is C18H23NOSi. The molecule has 0 amide bonds.